The first kappa shape index (κ1) is 10.2. The number of pyridine rings is 1. The second-order valence-electron chi connectivity index (χ2n) is 2.29. The number of hydrogen-bond donors (Lipinski definition) is 2. The van der Waals surface area contributed by atoms with E-state index in [0.717, 1.165) is 6.20 Å². The Balaban J connectivity index is 3.30. The van der Waals surface area contributed by atoms with Crippen molar-refractivity contribution < 1.29 is 19.0 Å². The van der Waals surface area contributed by atoms with E-state index in [1.807, 2.05) is 0 Å². The molecule has 1 rings (SSSR count). The summed E-state index contributed by atoms with van der Waals surface area (Å²) in [6.07, 6.45) is -2.03. The SMILES string of the molecule is Oc1cnc(CBr)c(O)c1C(F)F. The van der Waals surface area contributed by atoms with Crippen LogP contribution in [-0.2, 0) is 5.33 Å². The Morgan fingerprint density at radius 2 is 2.08 bits per heavy atom. The molecule has 0 atom stereocenters. The lowest BCUT2D eigenvalue weighted by Gasteiger charge is -2.07. The number of rotatable bonds is 2. The van der Waals surface area contributed by atoms with E-state index in [2.05, 4.69) is 20.9 Å². The predicted octanol–water partition coefficient (Wildman–Crippen LogP) is 2.33. The molecule has 0 saturated carbocycles. The highest BCUT2D eigenvalue weighted by Crippen LogP contribution is 2.37. The molecule has 0 radical (unpaired) electrons. The average molecular weight is 254 g/mol. The summed E-state index contributed by atoms with van der Waals surface area (Å²) in [6.45, 7) is 0. The molecule has 0 bridgehead atoms. The smallest absolute Gasteiger partial charge is 0.271 e. The summed E-state index contributed by atoms with van der Waals surface area (Å²) in [5.74, 6) is -1.36. The van der Waals surface area contributed by atoms with E-state index in [-0.39, 0.29) is 11.0 Å². The quantitative estimate of drug-likeness (QED) is 0.796. The standard InChI is InChI=1S/C7H6BrF2NO2/c8-1-3-6(13)5(7(9)10)4(12)2-11-3/h2,7,12-13H,1H2. The number of hydrogen-bond acceptors (Lipinski definition) is 3. The Morgan fingerprint density at radius 1 is 1.46 bits per heavy atom. The molecule has 0 amide bonds. The maximum absolute atomic E-state index is 12.2. The average Bonchev–Trinajstić information content (AvgIpc) is 2.04. The summed E-state index contributed by atoms with van der Waals surface area (Å²) in [4.78, 5) is 3.56. The molecule has 1 aromatic rings. The maximum Gasteiger partial charge on any atom is 0.271 e. The Bertz CT molecular complexity index is 320. The van der Waals surface area contributed by atoms with E-state index in [9.17, 15) is 13.9 Å². The molecule has 0 aliphatic heterocycles. The molecule has 0 spiro atoms. The molecule has 2 N–H and O–H groups in total. The first-order valence-corrected chi connectivity index (χ1v) is 4.44. The van der Waals surface area contributed by atoms with E-state index in [0.29, 0.717) is 0 Å². The van der Waals surface area contributed by atoms with Crippen LogP contribution in [0.15, 0.2) is 6.20 Å². The van der Waals surface area contributed by atoms with Crippen LogP contribution in [0.1, 0.15) is 17.7 Å². The maximum atomic E-state index is 12.2. The molecule has 0 unspecified atom stereocenters. The van der Waals surface area contributed by atoms with E-state index in [4.69, 9.17) is 5.11 Å². The molecule has 72 valence electrons. The Kier molecular flexibility index (Phi) is 3.02. The molecular formula is C7H6BrF2NO2. The van der Waals surface area contributed by atoms with Crippen molar-refractivity contribution in [3.8, 4) is 11.5 Å². The summed E-state index contributed by atoms with van der Waals surface area (Å²) in [5.41, 5.74) is -0.697. The van der Waals surface area contributed by atoms with Crippen LogP contribution in [0.5, 0.6) is 11.5 Å². The van der Waals surface area contributed by atoms with Crippen LogP contribution in [0, 0.1) is 0 Å². The highest BCUT2D eigenvalue weighted by atomic mass is 79.9. The van der Waals surface area contributed by atoms with Crippen molar-refractivity contribution in [3.63, 3.8) is 0 Å². The van der Waals surface area contributed by atoms with Gasteiger partial charge in [0, 0.05) is 5.33 Å². The number of nitrogens with zero attached hydrogens (tertiary/aromatic N) is 1. The summed E-state index contributed by atoms with van der Waals surface area (Å²) in [6, 6.07) is 0. The minimum absolute atomic E-state index is 0.0769. The molecule has 0 aliphatic carbocycles. The van der Waals surface area contributed by atoms with Gasteiger partial charge < -0.3 is 10.2 Å². The van der Waals surface area contributed by atoms with Gasteiger partial charge in [0.05, 0.1) is 11.9 Å². The third-order valence-electron chi connectivity index (χ3n) is 1.49. The monoisotopic (exact) mass is 253 g/mol. The number of aromatic nitrogens is 1. The van der Waals surface area contributed by atoms with Gasteiger partial charge in [0.25, 0.3) is 6.43 Å². The van der Waals surface area contributed by atoms with Crippen molar-refractivity contribution in [2.45, 2.75) is 11.8 Å². The van der Waals surface area contributed by atoms with Gasteiger partial charge in [-0.05, 0) is 0 Å². The predicted molar refractivity (Wildman–Crippen MR) is 45.2 cm³/mol. The molecule has 1 aromatic heterocycles. The summed E-state index contributed by atoms with van der Waals surface area (Å²) < 4.78 is 24.5. The molecule has 0 aromatic carbocycles. The number of halogens is 3. The van der Waals surface area contributed by atoms with Gasteiger partial charge in [-0.3, -0.25) is 4.98 Å². The van der Waals surface area contributed by atoms with E-state index < -0.39 is 23.5 Å². The summed E-state index contributed by atoms with van der Waals surface area (Å²) >= 11 is 2.97. The fourth-order valence-electron chi connectivity index (χ4n) is 0.859. The molecule has 13 heavy (non-hydrogen) atoms. The third-order valence-corrected chi connectivity index (χ3v) is 2.02. The zero-order chi connectivity index (χ0) is 10.0. The van der Waals surface area contributed by atoms with Crippen LogP contribution in [-0.4, -0.2) is 15.2 Å². The van der Waals surface area contributed by atoms with Gasteiger partial charge in [-0.15, -0.1) is 0 Å². The number of aromatic hydroxyl groups is 2. The van der Waals surface area contributed by atoms with Crippen LogP contribution in [0.2, 0.25) is 0 Å². The second kappa shape index (κ2) is 3.87. The Hall–Kier alpha value is -0.910. The molecule has 3 nitrogen and oxygen atoms in total. The fraction of sp³-hybridized carbons (Fsp3) is 0.286. The van der Waals surface area contributed by atoms with Gasteiger partial charge in [0.2, 0.25) is 0 Å². The van der Waals surface area contributed by atoms with E-state index in [1.54, 1.807) is 0 Å². The van der Waals surface area contributed by atoms with Crippen LogP contribution < -0.4 is 0 Å². The molecule has 1 heterocycles. The molecule has 0 saturated heterocycles. The Morgan fingerprint density at radius 3 is 2.54 bits per heavy atom. The van der Waals surface area contributed by atoms with Crippen LogP contribution >= 0.6 is 15.9 Å². The van der Waals surface area contributed by atoms with Gasteiger partial charge in [0.15, 0.2) is 5.75 Å². The fourth-order valence-corrected chi connectivity index (χ4v) is 1.27. The summed E-state index contributed by atoms with van der Waals surface area (Å²) in [5, 5.41) is 18.3. The third kappa shape index (κ3) is 1.88. The van der Waals surface area contributed by atoms with Crippen molar-refractivity contribution in [1.82, 2.24) is 4.98 Å². The first-order chi connectivity index (χ1) is 6.07. The van der Waals surface area contributed by atoms with Crippen molar-refractivity contribution >= 4 is 15.9 Å². The van der Waals surface area contributed by atoms with Gasteiger partial charge in [0.1, 0.15) is 11.3 Å². The molecule has 0 aliphatic rings. The molecule has 0 fully saturated rings. The lowest BCUT2D eigenvalue weighted by atomic mass is 10.2. The largest absolute Gasteiger partial charge is 0.506 e. The highest BCUT2D eigenvalue weighted by molar-refractivity contribution is 9.08. The zero-order valence-corrected chi connectivity index (χ0v) is 7.92. The van der Waals surface area contributed by atoms with E-state index >= 15 is 0 Å². The highest BCUT2D eigenvalue weighted by Gasteiger charge is 2.20. The lowest BCUT2D eigenvalue weighted by Crippen LogP contribution is -1.93. The second-order valence-corrected chi connectivity index (χ2v) is 2.85. The van der Waals surface area contributed by atoms with Crippen LogP contribution in [0.25, 0.3) is 0 Å². The normalized spacial score (nSPS) is 10.8. The number of alkyl halides is 3. The van der Waals surface area contributed by atoms with Gasteiger partial charge in [-0.25, -0.2) is 8.78 Å². The minimum Gasteiger partial charge on any atom is -0.506 e. The molecule has 6 heteroatoms. The Labute approximate surface area is 81.2 Å². The first-order valence-electron chi connectivity index (χ1n) is 3.31. The van der Waals surface area contributed by atoms with Crippen molar-refractivity contribution in [1.29, 1.82) is 0 Å². The summed E-state index contributed by atoms with van der Waals surface area (Å²) in [7, 11) is 0. The minimum atomic E-state index is -2.92. The van der Waals surface area contributed by atoms with Crippen molar-refractivity contribution in [3.05, 3.63) is 17.5 Å². The molecular weight excluding hydrogens is 248 g/mol. The topological polar surface area (TPSA) is 53.4 Å². The van der Waals surface area contributed by atoms with Crippen LogP contribution in [0.3, 0.4) is 0 Å². The van der Waals surface area contributed by atoms with Gasteiger partial charge >= 0.3 is 0 Å². The van der Waals surface area contributed by atoms with Gasteiger partial charge in [-0.2, -0.15) is 0 Å². The van der Waals surface area contributed by atoms with Crippen molar-refractivity contribution in [2.24, 2.45) is 0 Å². The lowest BCUT2D eigenvalue weighted by molar-refractivity contribution is 0.143. The van der Waals surface area contributed by atoms with Gasteiger partial charge in [-0.1, -0.05) is 15.9 Å². The zero-order valence-electron chi connectivity index (χ0n) is 6.34. The van der Waals surface area contributed by atoms with Crippen molar-refractivity contribution in [2.75, 3.05) is 0 Å². The van der Waals surface area contributed by atoms with E-state index in [1.165, 1.54) is 0 Å². The van der Waals surface area contributed by atoms with Crippen LogP contribution in [0.4, 0.5) is 8.78 Å².